The average Bonchev–Trinajstić information content (AvgIpc) is 2.29. The Morgan fingerprint density at radius 1 is 1.14 bits per heavy atom. The second-order valence-corrected chi connectivity index (χ2v) is 3.81. The minimum atomic E-state index is 0.580. The molecule has 1 aliphatic rings. The highest BCUT2D eigenvalue weighted by molar-refractivity contribution is 5.14. The van der Waals surface area contributed by atoms with E-state index in [0.29, 0.717) is 6.04 Å². The van der Waals surface area contributed by atoms with Gasteiger partial charge in [0.25, 0.3) is 0 Å². The molecule has 1 fully saturated rings. The van der Waals surface area contributed by atoms with Crippen LogP contribution in [0.2, 0.25) is 0 Å². The molecule has 1 aromatic rings. The molecular formula is C12H17N2. The fraction of sp³-hybridized carbons (Fsp3) is 0.500. The molecule has 0 aliphatic carbocycles. The summed E-state index contributed by atoms with van der Waals surface area (Å²) >= 11 is 0. The van der Waals surface area contributed by atoms with Crippen LogP contribution in [0.3, 0.4) is 0 Å². The fourth-order valence-electron chi connectivity index (χ4n) is 1.81. The number of nitrogens with one attached hydrogen (secondary N) is 1. The lowest BCUT2D eigenvalue weighted by atomic mass is 10.1. The van der Waals surface area contributed by atoms with Crippen molar-refractivity contribution in [1.29, 1.82) is 0 Å². The third kappa shape index (κ3) is 2.82. The zero-order valence-electron chi connectivity index (χ0n) is 8.45. The quantitative estimate of drug-likeness (QED) is 0.767. The highest BCUT2D eigenvalue weighted by Gasteiger charge is 2.12. The smallest absolute Gasteiger partial charge is 0.0387 e. The van der Waals surface area contributed by atoms with E-state index in [9.17, 15) is 0 Å². The first-order chi connectivity index (χ1) is 6.95. The van der Waals surface area contributed by atoms with Gasteiger partial charge in [0.2, 0.25) is 0 Å². The van der Waals surface area contributed by atoms with Crippen LogP contribution in [0.5, 0.6) is 0 Å². The Kier molecular flexibility index (Phi) is 3.55. The van der Waals surface area contributed by atoms with E-state index < -0.39 is 0 Å². The van der Waals surface area contributed by atoms with E-state index in [1.165, 1.54) is 18.4 Å². The van der Waals surface area contributed by atoms with Crippen LogP contribution < -0.4 is 10.6 Å². The summed E-state index contributed by atoms with van der Waals surface area (Å²) in [6.45, 7) is 3.14. The summed E-state index contributed by atoms with van der Waals surface area (Å²) in [5.74, 6) is 0. The largest absolute Gasteiger partial charge is 0.317 e. The van der Waals surface area contributed by atoms with Crippen LogP contribution in [0, 0.1) is 0 Å². The molecule has 1 aliphatic heterocycles. The molecule has 1 heterocycles. The Balaban J connectivity index is 1.76. The highest BCUT2D eigenvalue weighted by Crippen LogP contribution is 2.06. The van der Waals surface area contributed by atoms with Crippen molar-refractivity contribution in [1.82, 2.24) is 10.6 Å². The Morgan fingerprint density at radius 2 is 1.86 bits per heavy atom. The standard InChI is InChI=1S/C12H17N2/c1-2-4-11(5-3-1)10-14-12-6-8-13-9-7-12/h1-5,12-13H,6-10H2. The highest BCUT2D eigenvalue weighted by atomic mass is 15.0. The molecule has 0 aromatic heterocycles. The number of rotatable bonds is 3. The van der Waals surface area contributed by atoms with Crippen LogP contribution in [0.25, 0.3) is 0 Å². The maximum Gasteiger partial charge on any atom is 0.0387 e. The Bertz CT molecular complexity index is 252. The van der Waals surface area contributed by atoms with Gasteiger partial charge in [-0.1, -0.05) is 30.3 Å². The maximum atomic E-state index is 4.71. The summed E-state index contributed by atoms with van der Waals surface area (Å²) in [6.07, 6.45) is 2.40. The van der Waals surface area contributed by atoms with Crippen LogP contribution in [0.15, 0.2) is 30.3 Å². The minimum absolute atomic E-state index is 0.580. The van der Waals surface area contributed by atoms with Crippen LogP contribution in [0.4, 0.5) is 0 Å². The normalized spacial score (nSPS) is 18.3. The molecule has 0 saturated carbocycles. The monoisotopic (exact) mass is 189 g/mol. The van der Waals surface area contributed by atoms with Gasteiger partial charge in [0.1, 0.15) is 0 Å². The zero-order chi connectivity index (χ0) is 9.64. The molecule has 1 saturated heterocycles. The lowest BCUT2D eigenvalue weighted by Gasteiger charge is -2.22. The molecule has 0 unspecified atom stereocenters. The lowest BCUT2D eigenvalue weighted by molar-refractivity contribution is 0.380. The van der Waals surface area contributed by atoms with Crippen molar-refractivity contribution >= 4 is 0 Å². The van der Waals surface area contributed by atoms with Gasteiger partial charge >= 0.3 is 0 Å². The third-order valence-corrected chi connectivity index (χ3v) is 2.68. The van der Waals surface area contributed by atoms with Gasteiger partial charge < -0.3 is 5.32 Å². The number of benzene rings is 1. The van der Waals surface area contributed by atoms with E-state index in [1.54, 1.807) is 0 Å². The molecule has 0 amide bonds. The molecular weight excluding hydrogens is 172 g/mol. The second kappa shape index (κ2) is 5.13. The van der Waals surface area contributed by atoms with Crippen molar-refractivity contribution in [3.63, 3.8) is 0 Å². The van der Waals surface area contributed by atoms with Crippen molar-refractivity contribution in [2.24, 2.45) is 0 Å². The molecule has 14 heavy (non-hydrogen) atoms. The van der Waals surface area contributed by atoms with Gasteiger partial charge in [-0.05, 0) is 31.5 Å². The van der Waals surface area contributed by atoms with Crippen LogP contribution in [-0.2, 0) is 6.54 Å². The van der Waals surface area contributed by atoms with Gasteiger partial charge in [-0.3, -0.25) is 0 Å². The fourth-order valence-corrected chi connectivity index (χ4v) is 1.81. The topological polar surface area (TPSA) is 26.1 Å². The molecule has 2 heteroatoms. The van der Waals surface area contributed by atoms with Gasteiger partial charge in [-0.25, -0.2) is 5.32 Å². The number of hydrogen-bond acceptors (Lipinski definition) is 1. The van der Waals surface area contributed by atoms with Crippen LogP contribution >= 0.6 is 0 Å². The zero-order valence-corrected chi connectivity index (χ0v) is 8.45. The predicted molar refractivity (Wildman–Crippen MR) is 58.2 cm³/mol. The van der Waals surface area contributed by atoms with Crippen molar-refractivity contribution in [2.45, 2.75) is 25.4 Å². The Labute approximate surface area is 85.7 Å². The predicted octanol–water partition coefficient (Wildman–Crippen LogP) is 1.54. The third-order valence-electron chi connectivity index (χ3n) is 2.68. The molecule has 0 spiro atoms. The van der Waals surface area contributed by atoms with E-state index in [4.69, 9.17) is 5.32 Å². The summed E-state index contributed by atoms with van der Waals surface area (Å²) in [5.41, 5.74) is 1.33. The van der Waals surface area contributed by atoms with Gasteiger partial charge in [0.15, 0.2) is 0 Å². The van der Waals surface area contributed by atoms with Crippen molar-refractivity contribution in [3.05, 3.63) is 35.9 Å². The average molecular weight is 189 g/mol. The molecule has 0 atom stereocenters. The molecule has 1 N–H and O–H groups in total. The first kappa shape index (κ1) is 9.69. The van der Waals surface area contributed by atoms with Crippen LogP contribution in [-0.4, -0.2) is 19.1 Å². The summed E-state index contributed by atoms with van der Waals surface area (Å²) < 4.78 is 0. The van der Waals surface area contributed by atoms with Crippen LogP contribution in [0.1, 0.15) is 18.4 Å². The van der Waals surface area contributed by atoms with Gasteiger partial charge in [-0.15, -0.1) is 0 Å². The van der Waals surface area contributed by atoms with Crippen molar-refractivity contribution in [3.8, 4) is 0 Å². The molecule has 2 nitrogen and oxygen atoms in total. The lowest BCUT2D eigenvalue weighted by Crippen LogP contribution is -2.36. The minimum Gasteiger partial charge on any atom is -0.317 e. The van der Waals surface area contributed by atoms with E-state index in [-0.39, 0.29) is 0 Å². The molecule has 75 valence electrons. The Morgan fingerprint density at radius 3 is 2.57 bits per heavy atom. The van der Waals surface area contributed by atoms with E-state index in [2.05, 4.69) is 29.6 Å². The molecule has 1 radical (unpaired) electrons. The summed E-state index contributed by atoms with van der Waals surface area (Å²) in [5, 5.41) is 8.07. The molecule has 0 bridgehead atoms. The second-order valence-electron chi connectivity index (χ2n) is 3.81. The van der Waals surface area contributed by atoms with Gasteiger partial charge in [-0.2, -0.15) is 0 Å². The Hall–Kier alpha value is -0.860. The first-order valence-corrected chi connectivity index (χ1v) is 5.36. The van der Waals surface area contributed by atoms with E-state index in [1.807, 2.05) is 6.07 Å². The summed E-state index contributed by atoms with van der Waals surface area (Å²) in [7, 11) is 0. The number of piperidine rings is 1. The summed E-state index contributed by atoms with van der Waals surface area (Å²) in [6, 6.07) is 11.1. The number of nitrogens with zero attached hydrogens (tertiary/aromatic N) is 1. The van der Waals surface area contributed by atoms with Crippen molar-refractivity contribution in [2.75, 3.05) is 13.1 Å². The van der Waals surface area contributed by atoms with Crippen molar-refractivity contribution < 1.29 is 0 Å². The van der Waals surface area contributed by atoms with E-state index in [0.717, 1.165) is 19.6 Å². The van der Waals surface area contributed by atoms with Gasteiger partial charge in [0, 0.05) is 12.6 Å². The van der Waals surface area contributed by atoms with Gasteiger partial charge in [0.05, 0.1) is 0 Å². The molecule has 2 rings (SSSR count). The van der Waals surface area contributed by atoms with E-state index >= 15 is 0 Å². The molecule has 1 aromatic carbocycles. The number of hydrogen-bond donors (Lipinski definition) is 1. The SMILES string of the molecule is c1ccc(C[N]C2CCNCC2)cc1. The maximum absolute atomic E-state index is 4.71. The first-order valence-electron chi connectivity index (χ1n) is 5.36. The summed E-state index contributed by atoms with van der Waals surface area (Å²) in [4.78, 5) is 0.